The largest absolute Gasteiger partial charge is 0.494 e. The molecule has 1 rings (SSSR count). The SMILES string of the molecule is CCOc1cccc([C@H](N)[C@H](O)CCC(C)C)c1. The van der Waals surface area contributed by atoms with Gasteiger partial charge in [-0.05, 0) is 43.4 Å². The van der Waals surface area contributed by atoms with Gasteiger partial charge in [0.15, 0.2) is 0 Å². The lowest BCUT2D eigenvalue weighted by Crippen LogP contribution is -2.26. The van der Waals surface area contributed by atoms with Crippen LogP contribution in [-0.2, 0) is 0 Å². The molecule has 0 fully saturated rings. The minimum atomic E-state index is -0.496. The smallest absolute Gasteiger partial charge is 0.119 e. The first-order valence-corrected chi connectivity index (χ1v) is 6.71. The lowest BCUT2D eigenvalue weighted by molar-refractivity contribution is 0.128. The Balaban J connectivity index is 2.64. The summed E-state index contributed by atoms with van der Waals surface area (Å²) in [7, 11) is 0. The van der Waals surface area contributed by atoms with Crippen LogP contribution in [-0.4, -0.2) is 17.8 Å². The van der Waals surface area contributed by atoms with Gasteiger partial charge in [-0.15, -0.1) is 0 Å². The quantitative estimate of drug-likeness (QED) is 0.783. The van der Waals surface area contributed by atoms with E-state index in [1.165, 1.54) is 0 Å². The highest BCUT2D eigenvalue weighted by Gasteiger charge is 2.17. The van der Waals surface area contributed by atoms with E-state index in [9.17, 15) is 5.11 Å². The van der Waals surface area contributed by atoms with Crippen molar-refractivity contribution in [3.63, 3.8) is 0 Å². The van der Waals surface area contributed by atoms with Crippen LogP contribution in [0.25, 0.3) is 0 Å². The maximum atomic E-state index is 10.1. The van der Waals surface area contributed by atoms with Crippen LogP contribution < -0.4 is 10.5 Å². The average Bonchev–Trinajstić information content (AvgIpc) is 2.35. The molecule has 0 aliphatic heterocycles. The van der Waals surface area contributed by atoms with Crippen molar-refractivity contribution in [2.24, 2.45) is 11.7 Å². The summed E-state index contributed by atoms with van der Waals surface area (Å²) >= 11 is 0. The number of nitrogens with two attached hydrogens (primary N) is 1. The van der Waals surface area contributed by atoms with E-state index >= 15 is 0 Å². The second-order valence-corrected chi connectivity index (χ2v) is 5.07. The van der Waals surface area contributed by atoms with E-state index in [1.807, 2.05) is 31.2 Å². The Morgan fingerprint density at radius 3 is 2.61 bits per heavy atom. The van der Waals surface area contributed by atoms with Gasteiger partial charge < -0.3 is 15.6 Å². The number of hydrogen-bond acceptors (Lipinski definition) is 3. The molecule has 3 heteroatoms. The van der Waals surface area contributed by atoms with E-state index in [4.69, 9.17) is 10.5 Å². The normalized spacial score (nSPS) is 14.6. The Kier molecular flexibility index (Phi) is 6.16. The molecule has 3 nitrogen and oxygen atoms in total. The van der Waals surface area contributed by atoms with Crippen molar-refractivity contribution in [3.8, 4) is 5.75 Å². The van der Waals surface area contributed by atoms with Crippen molar-refractivity contribution in [1.82, 2.24) is 0 Å². The molecule has 18 heavy (non-hydrogen) atoms. The average molecular weight is 251 g/mol. The molecule has 1 aromatic rings. The molecule has 3 N–H and O–H groups in total. The minimum absolute atomic E-state index is 0.343. The third kappa shape index (κ3) is 4.67. The molecular formula is C15H25NO2. The van der Waals surface area contributed by atoms with E-state index < -0.39 is 6.10 Å². The van der Waals surface area contributed by atoms with E-state index in [-0.39, 0.29) is 6.04 Å². The van der Waals surface area contributed by atoms with Crippen molar-refractivity contribution in [2.75, 3.05) is 6.61 Å². The predicted octanol–water partition coefficient (Wildman–Crippen LogP) is 2.88. The monoisotopic (exact) mass is 251 g/mol. The topological polar surface area (TPSA) is 55.5 Å². The van der Waals surface area contributed by atoms with Gasteiger partial charge in [0.05, 0.1) is 18.8 Å². The van der Waals surface area contributed by atoms with Gasteiger partial charge in [0.2, 0.25) is 0 Å². The number of hydrogen-bond donors (Lipinski definition) is 2. The van der Waals surface area contributed by atoms with Crippen molar-refractivity contribution in [3.05, 3.63) is 29.8 Å². The second kappa shape index (κ2) is 7.39. The minimum Gasteiger partial charge on any atom is -0.494 e. The molecule has 0 saturated carbocycles. The molecule has 0 unspecified atom stereocenters. The Morgan fingerprint density at radius 1 is 1.28 bits per heavy atom. The van der Waals surface area contributed by atoms with Crippen molar-refractivity contribution < 1.29 is 9.84 Å². The van der Waals surface area contributed by atoms with E-state index in [0.717, 1.165) is 24.2 Å². The van der Waals surface area contributed by atoms with Crippen LogP contribution in [0.3, 0.4) is 0 Å². The van der Waals surface area contributed by atoms with E-state index in [0.29, 0.717) is 12.5 Å². The van der Waals surface area contributed by atoms with Gasteiger partial charge in [-0.3, -0.25) is 0 Å². The van der Waals surface area contributed by atoms with Crippen LogP contribution in [0.4, 0.5) is 0 Å². The maximum absolute atomic E-state index is 10.1. The fraction of sp³-hybridized carbons (Fsp3) is 0.600. The predicted molar refractivity (Wildman–Crippen MR) is 74.6 cm³/mol. The van der Waals surface area contributed by atoms with Crippen LogP contribution in [0.15, 0.2) is 24.3 Å². The van der Waals surface area contributed by atoms with Gasteiger partial charge in [0.1, 0.15) is 5.75 Å². The summed E-state index contributed by atoms with van der Waals surface area (Å²) in [6.07, 6.45) is 1.22. The van der Waals surface area contributed by atoms with Crippen LogP contribution in [0.2, 0.25) is 0 Å². The number of ether oxygens (including phenoxy) is 1. The number of aliphatic hydroxyl groups is 1. The van der Waals surface area contributed by atoms with Crippen molar-refractivity contribution >= 4 is 0 Å². The van der Waals surface area contributed by atoms with Crippen LogP contribution in [0.1, 0.15) is 45.2 Å². The Hall–Kier alpha value is -1.06. The molecule has 2 atom stereocenters. The fourth-order valence-electron chi connectivity index (χ4n) is 1.88. The van der Waals surface area contributed by atoms with Gasteiger partial charge in [0, 0.05) is 0 Å². The molecule has 0 bridgehead atoms. The summed E-state index contributed by atoms with van der Waals surface area (Å²) in [4.78, 5) is 0. The molecule has 0 heterocycles. The molecule has 1 aromatic carbocycles. The van der Waals surface area contributed by atoms with Crippen LogP contribution in [0.5, 0.6) is 5.75 Å². The molecule has 0 radical (unpaired) electrons. The summed E-state index contributed by atoms with van der Waals surface area (Å²) in [6, 6.07) is 7.32. The molecule has 0 saturated heterocycles. The Labute approximate surface area is 110 Å². The third-order valence-electron chi connectivity index (χ3n) is 3.01. The summed E-state index contributed by atoms with van der Waals surface area (Å²) < 4.78 is 5.44. The molecule has 102 valence electrons. The fourth-order valence-corrected chi connectivity index (χ4v) is 1.88. The lowest BCUT2D eigenvalue weighted by Gasteiger charge is -2.20. The maximum Gasteiger partial charge on any atom is 0.119 e. The van der Waals surface area contributed by atoms with E-state index in [2.05, 4.69) is 13.8 Å². The molecule has 0 spiro atoms. The van der Waals surface area contributed by atoms with Gasteiger partial charge in [-0.1, -0.05) is 26.0 Å². The van der Waals surface area contributed by atoms with Gasteiger partial charge in [0.25, 0.3) is 0 Å². The first-order chi connectivity index (χ1) is 8.54. The summed E-state index contributed by atoms with van der Waals surface area (Å²) in [5, 5.41) is 10.1. The highest BCUT2D eigenvalue weighted by molar-refractivity contribution is 5.30. The van der Waals surface area contributed by atoms with Gasteiger partial charge >= 0.3 is 0 Å². The lowest BCUT2D eigenvalue weighted by atomic mass is 9.96. The molecule has 0 aliphatic rings. The van der Waals surface area contributed by atoms with Crippen molar-refractivity contribution in [1.29, 1.82) is 0 Å². The van der Waals surface area contributed by atoms with Crippen LogP contribution >= 0.6 is 0 Å². The number of benzene rings is 1. The summed E-state index contributed by atoms with van der Waals surface area (Å²) in [5.74, 6) is 1.39. The molecule has 0 amide bonds. The Morgan fingerprint density at radius 2 is 2.00 bits per heavy atom. The molecule has 0 aromatic heterocycles. The molecular weight excluding hydrogens is 226 g/mol. The number of aliphatic hydroxyl groups excluding tert-OH is 1. The Bertz CT molecular complexity index is 352. The summed E-state index contributed by atoms with van der Waals surface area (Å²) in [5.41, 5.74) is 7.01. The second-order valence-electron chi connectivity index (χ2n) is 5.07. The van der Waals surface area contributed by atoms with Crippen molar-refractivity contribution in [2.45, 2.75) is 45.8 Å². The van der Waals surface area contributed by atoms with E-state index in [1.54, 1.807) is 0 Å². The van der Waals surface area contributed by atoms with Gasteiger partial charge in [-0.25, -0.2) is 0 Å². The summed E-state index contributed by atoms with van der Waals surface area (Å²) in [6.45, 7) is 6.88. The zero-order valence-corrected chi connectivity index (χ0v) is 11.6. The highest BCUT2D eigenvalue weighted by Crippen LogP contribution is 2.23. The third-order valence-corrected chi connectivity index (χ3v) is 3.01. The standard InChI is InChI=1S/C15H25NO2/c1-4-18-13-7-5-6-12(10-13)15(16)14(17)9-8-11(2)3/h5-7,10-11,14-15,17H,4,8-9,16H2,1-3H3/t14-,15+/m1/s1. The zero-order chi connectivity index (χ0) is 13.5. The number of rotatable bonds is 7. The van der Waals surface area contributed by atoms with Crippen LogP contribution in [0, 0.1) is 5.92 Å². The first kappa shape index (κ1) is 15.0. The van der Waals surface area contributed by atoms with Gasteiger partial charge in [-0.2, -0.15) is 0 Å². The molecule has 0 aliphatic carbocycles. The first-order valence-electron chi connectivity index (χ1n) is 6.71. The zero-order valence-electron chi connectivity index (χ0n) is 11.6. The highest BCUT2D eigenvalue weighted by atomic mass is 16.5.